The molecule has 1 N–H and O–H groups in total. The number of nitrogens with one attached hydrogen (secondary N) is 1. The third-order valence-electron chi connectivity index (χ3n) is 2.37. The van der Waals surface area contributed by atoms with Crippen molar-refractivity contribution in [2.24, 2.45) is 0 Å². The fourth-order valence-corrected chi connectivity index (χ4v) is 2.40. The van der Waals surface area contributed by atoms with Crippen LogP contribution >= 0.6 is 0 Å². The van der Waals surface area contributed by atoms with Gasteiger partial charge in [0.15, 0.2) is 0 Å². The second-order valence-electron chi connectivity index (χ2n) is 3.75. The van der Waals surface area contributed by atoms with Crippen LogP contribution in [0, 0.1) is 12.3 Å². The van der Waals surface area contributed by atoms with Crippen LogP contribution in [-0.2, 0) is 26.0 Å². The fourth-order valence-electron chi connectivity index (χ4n) is 1.37. The zero-order chi connectivity index (χ0) is 14.3. The average molecular weight is 281 g/mol. The minimum atomic E-state index is -3.55. The Bertz CT molecular complexity index is 570. The van der Waals surface area contributed by atoms with E-state index in [2.05, 4.69) is 15.4 Å². The molecule has 0 atom stereocenters. The lowest BCUT2D eigenvalue weighted by atomic mass is 10.2. The largest absolute Gasteiger partial charge is 0.469 e. The van der Waals surface area contributed by atoms with Crippen LogP contribution in [0.5, 0.6) is 0 Å². The van der Waals surface area contributed by atoms with Crippen molar-refractivity contribution in [2.45, 2.75) is 17.7 Å². The molecule has 6 heteroatoms. The normalized spacial score (nSPS) is 10.7. The van der Waals surface area contributed by atoms with Crippen molar-refractivity contribution in [2.75, 3.05) is 13.7 Å². The Hall–Kier alpha value is -1.84. The maximum Gasteiger partial charge on any atom is 0.309 e. The molecule has 1 aromatic rings. The highest BCUT2D eigenvalue weighted by atomic mass is 32.2. The van der Waals surface area contributed by atoms with E-state index in [1.54, 1.807) is 12.1 Å². The summed E-state index contributed by atoms with van der Waals surface area (Å²) < 4.78 is 30.6. The molecule has 0 spiro atoms. The van der Waals surface area contributed by atoms with Gasteiger partial charge in [0.2, 0.25) is 10.0 Å². The van der Waals surface area contributed by atoms with Crippen LogP contribution < -0.4 is 4.72 Å². The first-order valence-corrected chi connectivity index (χ1v) is 7.07. The van der Waals surface area contributed by atoms with E-state index in [9.17, 15) is 13.2 Å². The minimum Gasteiger partial charge on any atom is -0.469 e. The molecule has 0 saturated heterocycles. The van der Waals surface area contributed by atoms with Gasteiger partial charge in [-0.25, -0.2) is 13.1 Å². The number of hydrogen-bond donors (Lipinski definition) is 1. The second kappa shape index (κ2) is 6.92. The number of methoxy groups -OCH3 is 1. The van der Waals surface area contributed by atoms with Crippen molar-refractivity contribution in [1.29, 1.82) is 0 Å². The molecule has 19 heavy (non-hydrogen) atoms. The lowest BCUT2D eigenvalue weighted by Crippen LogP contribution is -2.24. The lowest BCUT2D eigenvalue weighted by Gasteiger charge is -2.06. The van der Waals surface area contributed by atoms with Crippen molar-refractivity contribution < 1.29 is 17.9 Å². The van der Waals surface area contributed by atoms with Gasteiger partial charge in [-0.05, 0) is 17.7 Å². The van der Waals surface area contributed by atoms with E-state index in [0.29, 0.717) is 12.0 Å². The van der Waals surface area contributed by atoms with Crippen molar-refractivity contribution in [1.82, 2.24) is 4.72 Å². The Kier molecular flexibility index (Phi) is 5.55. The summed E-state index contributed by atoms with van der Waals surface area (Å²) in [5.74, 6) is 1.98. The molecule has 1 aromatic carbocycles. The van der Waals surface area contributed by atoms with Crippen LogP contribution in [0.2, 0.25) is 0 Å². The molecular formula is C13H15NO4S. The Morgan fingerprint density at radius 2 is 2.00 bits per heavy atom. The van der Waals surface area contributed by atoms with Crippen molar-refractivity contribution in [3.63, 3.8) is 0 Å². The summed E-state index contributed by atoms with van der Waals surface area (Å²) >= 11 is 0. The Labute approximate surface area is 113 Å². The second-order valence-corrected chi connectivity index (χ2v) is 5.52. The molecule has 0 amide bonds. The third-order valence-corrected chi connectivity index (χ3v) is 3.85. The molecule has 0 aliphatic carbocycles. The predicted molar refractivity (Wildman–Crippen MR) is 70.8 cm³/mol. The Balaban J connectivity index is 2.75. The molecule has 0 aliphatic heterocycles. The van der Waals surface area contributed by atoms with Crippen molar-refractivity contribution in [3.8, 4) is 12.3 Å². The van der Waals surface area contributed by atoms with Gasteiger partial charge >= 0.3 is 5.97 Å². The molecule has 5 nitrogen and oxygen atoms in total. The van der Waals surface area contributed by atoms with Gasteiger partial charge in [-0.15, -0.1) is 12.3 Å². The maximum absolute atomic E-state index is 11.8. The number of rotatable bonds is 6. The van der Waals surface area contributed by atoms with E-state index in [-0.39, 0.29) is 23.8 Å². The number of sulfonamides is 1. The number of terminal acetylenes is 1. The number of esters is 1. The van der Waals surface area contributed by atoms with E-state index >= 15 is 0 Å². The summed E-state index contributed by atoms with van der Waals surface area (Å²) in [7, 11) is -2.24. The molecule has 0 aliphatic rings. The van der Waals surface area contributed by atoms with E-state index in [1.165, 1.54) is 19.2 Å². The minimum absolute atomic E-state index is 0.112. The number of carbonyl (C=O) groups excluding carboxylic acids is 1. The van der Waals surface area contributed by atoms with Gasteiger partial charge in [0, 0.05) is 13.0 Å². The average Bonchev–Trinajstić information content (AvgIpc) is 2.39. The molecule has 0 bridgehead atoms. The van der Waals surface area contributed by atoms with Crippen molar-refractivity contribution >= 4 is 16.0 Å². The van der Waals surface area contributed by atoms with Crippen molar-refractivity contribution in [3.05, 3.63) is 29.8 Å². The standard InChI is InChI=1S/C13H15NO4S/c1-3-4-9-14-19(16,17)12-7-5-11(6-8-12)10-13(15)18-2/h1,5-8,14H,4,9-10H2,2H3. The van der Waals surface area contributed by atoms with Gasteiger partial charge in [-0.1, -0.05) is 12.1 Å². The van der Waals surface area contributed by atoms with E-state index in [0.717, 1.165) is 0 Å². The number of ether oxygens (including phenoxy) is 1. The molecule has 0 fully saturated rings. The SMILES string of the molecule is C#CCCNS(=O)(=O)c1ccc(CC(=O)OC)cc1. The predicted octanol–water partition coefficient (Wildman–Crippen LogP) is 0.704. The summed E-state index contributed by atoms with van der Waals surface area (Å²) in [5.41, 5.74) is 0.689. The first kappa shape index (κ1) is 15.2. The van der Waals surface area contributed by atoms with E-state index in [4.69, 9.17) is 6.42 Å². The van der Waals surface area contributed by atoms with Gasteiger partial charge < -0.3 is 4.74 Å². The first-order valence-electron chi connectivity index (χ1n) is 5.58. The monoisotopic (exact) mass is 281 g/mol. The quantitative estimate of drug-likeness (QED) is 0.473. The van der Waals surface area contributed by atoms with Gasteiger partial charge in [0.05, 0.1) is 18.4 Å². The summed E-state index contributed by atoms with van der Waals surface area (Å²) in [6.45, 7) is 0.197. The first-order chi connectivity index (χ1) is 8.99. The molecule has 0 aromatic heterocycles. The molecular weight excluding hydrogens is 266 g/mol. The van der Waals surface area contributed by atoms with E-state index in [1.807, 2.05) is 0 Å². The van der Waals surface area contributed by atoms with Crippen LogP contribution in [0.15, 0.2) is 29.2 Å². The summed E-state index contributed by atoms with van der Waals surface area (Å²) in [5, 5.41) is 0. The van der Waals surface area contributed by atoms with Gasteiger partial charge in [-0.2, -0.15) is 0 Å². The highest BCUT2D eigenvalue weighted by Crippen LogP contribution is 2.11. The Morgan fingerprint density at radius 1 is 1.37 bits per heavy atom. The lowest BCUT2D eigenvalue weighted by molar-refractivity contribution is -0.139. The molecule has 1 rings (SSSR count). The zero-order valence-electron chi connectivity index (χ0n) is 10.5. The smallest absolute Gasteiger partial charge is 0.309 e. The molecule has 0 radical (unpaired) electrons. The number of carbonyl (C=O) groups is 1. The summed E-state index contributed by atoms with van der Waals surface area (Å²) in [4.78, 5) is 11.2. The van der Waals surface area contributed by atoms with Crippen LogP contribution in [0.1, 0.15) is 12.0 Å². The highest BCUT2D eigenvalue weighted by Gasteiger charge is 2.13. The summed E-state index contributed by atoms with van der Waals surface area (Å²) in [6, 6.07) is 6.03. The van der Waals surface area contributed by atoms with Gasteiger partial charge in [0.25, 0.3) is 0 Å². The topological polar surface area (TPSA) is 72.5 Å². The molecule has 0 heterocycles. The summed E-state index contributed by atoms with van der Waals surface area (Å²) in [6.07, 6.45) is 5.49. The van der Waals surface area contributed by atoms with Gasteiger partial charge in [-0.3, -0.25) is 4.79 Å². The third kappa shape index (κ3) is 4.73. The number of hydrogen-bond acceptors (Lipinski definition) is 4. The van der Waals surface area contributed by atoms with Crippen LogP contribution in [0.3, 0.4) is 0 Å². The fraction of sp³-hybridized carbons (Fsp3) is 0.308. The maximum atomic E-state index is 11.8. The Morgan fingerprint density at radius 3 is 2.53 bits per heavy atom. The van der Waals surface area contributed by atoms with E-state index < -0.39 is 10.0 Å². The molecule has 0 unspecified atom stereocenters. The zero-order valence-corrected chi connectivity index (χ0v) is 11.4. The highest BCUT2D eigenvalue weighted by molar-refractivity contribution is 7.89. The molecule has 102 valence electrons. The molecule has 0 saturated carbocycles. The number of benzene rings is 1. The van der Waals surface area contributed by atoms with Crippen LogP contribution in [0.25, 0.3) is 0 Å². The van der Waals surface area contributed by atoms with Crippen LogP contribution in [-0.4, -0.2) is 28.0 Å². The van der Waals surface area contributed by atoms with Gasteiger partial charge in [0.1, 0.15) is 0 Å². The van der Waals surface area contributed by atoms with Crippen LogP contribution in [0.4, 0.5) is 0 Å².